The lowest BCUT2D eigenvalue weighted by Gasteiger charge is -2.10. The van der Waals surface area contributed by atoms with Gasteiger partial charge in [-0.25, -0.2) is 19.3 Å². The van der Waals surface area contributed by atoms with Crippen molar-refractivity contribution in [3.05, 3.63) is 72.2 Å². The fraction of sp³-hybridized carbons (Fsp3) is 0.296. The Bertz CT molecular complexity index is 1750. The Morgan fingerprint density at radius 2 is 1.79 bits per heavy atom. The van der Waals surface area contributed by atoms with Gasteiger partial charge in [-0.15, -0.1) is 0 Å². The van der Waals surface area contributed by atoms with Crippen LogP contribution in [0.1, 0.15) is 48.4 Å². The minimum atomic E-state index is -5.08. The summed E-state index contributed by atoms with van der Waals surface area (Å²) in [5.74, 6) is -2.67. The van der Waals surface area contributed by atoms with Crippen LogP contribution in [-0.2, 0) is 23.8 Å². The Labute approximate surface area is 237 Å². The molecule has 0 fully saturated rings. The van der Waals surface area contributed by atoms with Crippen LogP contribution in [0.25, 0.3) is 28.0 Å². The second-order valence-corrected chi connectivity index (χ2v) is 10.4. The van der Waals surface area contributed by atoms with E-state index in [1.165, 1.54) is 0 Å². The number of carbonyl (C=O) groups excluding carboxylic acids is 1. The van der Waals surface area contributed by atoms with Gasteiger partial charge in [0.15, 0.2) is 0 Å². The molecule has 15 heteroatoms. The summed E-state index contributed by atoms with van der Waals surface area (Å²) < 4.78 is 40.7. The highest BCUT2D eigenvalue weighted by atomic mass is 19.4. The molecule has 0 aliphatic rings. The van der Waals surface area contributed by atoms with Gasteiger partial charge in [0.1, 0.15) is 6.33 Å². The summed E-state index contributed by atoms with van der Waals surface area (Å²) >= 11 is 0. The third-order valence-electron chi connectivity index (χ3n) is 5.98. The van der Waals surface area contributed by atoms with Gasteiger partial charge in [-0.05, 0) is 30.2 Å². The summed E-state index contributed by atoms with van der Waals surface area (Å²) in [7, 11) is 1.94. The number of rotatable bonds is 5. The number of fused-ring (bicyclic) bond motifs is 1. The molecule has 0 saturated carbocycles. The highest BCUT2D eigenvalue weighted by Crippen LogP contribution is 2.28. The zero-order chi connectivity index (χ0) is 30.8. The molecule has 0 spiro atoms. The second-order valence-electron chi connectivity index (χ2n) is 10.4. The molecule has 0 atom stereocenters. The van der Waals surface area contributed by atoms with Crippen LogP contribution in [0.3, 0.4) is 0 Å². The molecule has 0 saturated heterocycles. The lowest BCUT2D eigenvalue weighted by atomic mass is 9.97. The Balaban J connectivity index is 0.000000517. The first-order chi connectivity index (χ1) is 19.6. The predicted octanol–water partition coefficient (Wildman–Crippen LogP) is 4.35. The van der Waals surface area contributed by atoms with E-state index in [9.17, 15) is 18.0 Å². The van der Waals surface area contributed by atoms with Crippen LogP contribution in [0.15, 0.2) is 53.8 Å². The summed E-state index contributed by atoms with van der Waals surface area (Å²) in [4.78, 5) is 34.6. The average molecular weight is 585 g/mol. The van der Waals surface area contributed by atoms with Crippen molar-refractivity contribution in [2.45, 2.75) is 45.8 Å². The molecule has 0 aliphatic heterocycles. The van der Waals surface area contributed by atoms with E-state index in [1.807, 2.05) is 74.4 Å². The molecule has 4 heterocycles. The molecule has 12 nitrogen and oxygen atoms in total. The lowest BCUT2D eigenvalue weighted by Crippen LogP contribution is -2.24. The van der Waals surface area contributed by atoms with Crippen LogP contribution in [0.2, 0.25) is 0 Å². The van der Waals surface area contributed by atoms with Crippen LogP contribution >= 0.6 is 0 Å². The molecule has 0 unspecified atom stereocenters. The number of nitrogens with zero attached hydrogens (tertiary/aromatic N) is 7. The molecule has 220 valence electrons. The fourth-order valence-corrected chi connectivity index (χ4v) is 3.77. The molecular weight excluding hydrogens is 557 g/mol. The minimum absolute atomic E-state index is 0.0320. The Kier molecular flexibility index (Phi) is 8.13. The van der Waals surface area contributed by atoms with Crippen LogP contribution in [0.5, 0.6) is 0 Å². The largest absolute Gasteiger partial charge is 0.490 e. The van der Waals surface area contributed by atoms with Crippen molar-refractivity contribution < 1.29 is 32.4 Å². The highest BCUT2D eigenvalue weighted by molar-refractivity contribution is 5.90. The first-order valence-electron chi connectivity index (χ1n) is 12.5. The zero-order valence-electron chi connectivity index (χ0n) is 23.3. The number of nitrogens with one attached hydrogen (secondary N) is 1. The summed E-state index contributed by atoms with van der Waals surface area (Å²) in [5.41, 5.74) is 6.21. The van der Waals surface area contributed by atoms with Gasteiger partial charge >= 0.3 is 12.1 Å². The molecular formula is C27H27F3N8O4. The van der Waals surface area contributed by atoms with E-state index in [1.54, 1.807) is 12.7 Å². The molecule has 42 heavy (non-hydrogen) atoms. The lowest BCUT2D eigenvalue weighted by molar-refractivity contribution is -0.192. The first kappa shape index (κ1) is 29.9. The van der Waals surface area contributed by atoms with Crippen LogP contribution in [0, 0.1) is 6.92 Å². The first-order valence-corrected chi connectivity index (χ1v) is 12.5. The van der Waals surface area contributed by atoms with Crippen LogP contribution < -0.4 is 5.32 Å². The van der Waals surface area contributed by atoms with Gasteiger partial charge in [0, 0.05) is 42.5 Å². The summed E-state index contributed by atoms with van der Waals surface area (Å²) in [6.07, 6.45) is 2.15. The van der Waals surface area contributed by atoms with E-state index in [2.05, 4.69) is 36.6 Å². The number of hydrogen-bond donors (Lipinski definition) is 2. The molecule has 4 aromatic heterocycles. The number of benzene rings is 1. The molecule has 5 rings (SSSR count). The molecule has 0 radical (unpaired) electrons. The number of aryl methyl sites for hydroxylation is 2. The van der Waals surface area contributed by atoms with Crippen molar-refractivity contribution in [3.8, 4) is 22.5 Å². The van der Waals surface area contributed by atoms with Crippen LogP contribution in [0.4, 0.5) is 13.2 Å². The van der Waals surface area contributed by atoms with E-state index in [0.29, 0.717) is 12.4 Å². The van der Waals surface area contributed by atoms with Gasteiger partial charge in [-0.3, -0.25) is 4.79 Å². The summed E-state index contributed by atoms with van der Waals surface area (Å²) in [5, 5.41) is 18.2. The topological polar surface area (TPSA) is 153 Å². The van der Waals surface area contributed by atoms with Gasteiger partial charge in [0.05, 0.1) is 23.2 Å². The van der Waals surface area contributed by atoms with E-state index in [0.717, 1.165) is 39.2 Å². The third-order valence-corrected chi connectivity index (χ3v) is 5.98. The number of alkyl halides is 3. The number of imidazole rings is 1. The second kappa shape index (κ2) is 11.4. The molecule has 2 N–H and O–H groups in total. The van der Waals surface area contributed by atoms with E-state index < -0.39 is 12.1 Å². The minimum Gasteiger partial charge on any atom is -0.475 e. The van der Waals surface area contributed by atoms with Crippen molar-refractivity contribution in [1.82, 2.24) is 39.6 Å². The standard InChI is InChI=1S/C25H26N8O2.C2HF3O2/c1-15-8-16(6-7-17(15)10-26-23(34)22-30-24(35-31-22)25(2,3)4)21-20-9-18(11-33(20)29-13-27-21)19-12-32(5)14-28-19;3-2(4,5)1(6)7/h6-9,11-14H,10H2,1-5H3,(H,26,34);(H,6,7). The van der Waals surface area contributed by atoms with Crippen molar-refractivity contribution in [2.75, 3.05) is 0 Å². The number of amides is 1. The number of aromatic nitrogens is 7. The number of carboxylic acid groups (broad SMARTS) is 1. The monoisotopic (exact) mass is 584 g/mol. The fourth-order valence-electron chi connectivity index (χ4n) is 3.77. The number of aliphatic carboxylic acids is 1. The zero-order valence-corrected chi connectivity index (χ0v) is 23.3. The van der Waals surface area contributed by atoms with Gasteiger partial charge in [0.2, 0.25) is 5.89 Å². The number of hydrogen-bond acceptors (Lipinski definition) is 8. The number of carbonyl (C=O) groups is 2. The normalized spacial score (nSPS) is 11.7. The highest BCUT2D eigenvalue weighted by Gasteiger charge is 2.38. The predicted molar refractivity (Wildman–Crippen MR) is 143 cm³/mol. The Hall–Kier alpha value is -5.08. The SMILES string of the molecule is Cc1cc(-c2ncnn3cc(-c4cn(C)cn4)cc23)ccc1CNC(=O)c1noc(C(C)(C)C)n1.O=C(O)C(F)(F)F. The summed E-state index contributed by atoms with van der Waals surface area (Å²) in [6.45, 7) is 8.20. The van der Waals surface area contributed by atoms with Crippen molar-refractivity contribution in [2.24, 2.45) is 7.05 Å². The molecule has 0 bridgehead atoms. The van der Waals surface area contributed by atoms with E-state index in [-0.39, 0.29) is 17.1 Å². The van der Waals surface area contributed by atoms with Gasteiger partial charge < -0.3 is 19.5 Å². The Morgan fingerprint density at radius 1 is 1.07 bits per heavy atom. The maximum absolute atomic E-state index is 12.5. The maximum atomic E-state index is 12.5. The Morgan fingerprint density at radius 3 is 2.36 bits per heavy atom. The van der Waals surface area contributed by atoms with Crippen molar-refractivity contribution in [3.63, 3.8) is 0 Å². The number of carboxylic acids is 1. The van der Waals surface area contributed by atoms with Crippen molar-refractivity contribution >= 4 is 17.4 Å². The quantitative estimate of drug-likeness (QED) is 0.307. The summed E-state index contributed by atoms with van der Waals surface area (Å²) in [6, 6.07) is 8.08. The smallest absolute Gasteiger partial charge is 0.475 e. The van der Waals surface area contributed by atoms with Gasteiger partial charge in [0.25, 0.3) is 11.7 Å². The van der Waals surface area contributed by atoms with Crippen molar-refractivity contribution in [1.29, 1.82) is 0 Å². The molecule has 1 amide bonds. The molecule has 0 aliphatic carbocycles. The van der Waals surface area contributed by atoms with Gasteiger partial charge in [-0.2, -0.15) is 23.3 Å². The average Bonchev–Trinajstić information content (AvgIpc) is 3.66. The maximum Gasteiger partial charge on any atom is 0.490 e. The van der Waals surface area contributed by atoms with Crippen LogP contribution in [-0.4, -0.2) is 57.4 Å². The van der Waals surface area contributed by atoms with E-state index >= 15 is 0 Å². The molecule has 1 aromatic carbocycles. The molecule has 5 aromatic rings. The third kappa shape index (κ3) is 6.79. The number of halogens is 3. The van der Waals surface area contributed by atoms with Gasteiger partial charge in [-0.1, -0.05) is 38.1 Å². The van der Waals surface area contributed by atoms with E-state index in [4.69, 9.17) is 14.4 Å².